The van der Waals surface area contributed by atoms with Gasteiger partial charge in [-0.05, 0) is 24.2 Å². The van der Waals surface area contributed by atoms with E-state index in [0.29, 0.717) is 5.82 Å². The molecule has 29 heavy (non-hydrogen) atoms. The van der Waals surface area contributed by atoms with Gasteiger partial charge in [-0.3, -0.25) is 4.98 Å². The van der Waals surface area contributed by atoms with Crippen LogP contribution in [0.4, 0.5) is 5.82 Å². The lowest BCUT2D eigenvalue weighted by molar-refractivity contribution is 0.271. The highest BCUT2D eigenvalue weighted by Gasteiger charge is 2.23. The van der Waals surface area contributed by atoms with Crippen LogP contribution >= 0.6 is 11.3 Å². The third-order valence-corrected chi connectivity index (χ3v) is 6.38. The van der Waals surface area contributed by atoms with E-state index in [-0.39, 0.29) is 0 Å². The standard InChI is InChI=1S/C23H23N5S/c1-2-27-12-14-28(15-13-27)22-20-18(17-8-4-3-5-9-17)16-29-23(20)26-21(25-22)19-10-6-7-11-24-19/h3-11,16H,2,12-15H2,1H3. The van der Waals surface area contributed by atoms with Crippen molar-refractivity contribution in [3.05, 3.63) is 60.1 Å². The van der Waals surface area contributed by atoms with Gasteiger partial charge >= 0.3 is 0 Å². The van der Waals surface area contributed by atoms with Crippen LogP contribution in [0.2, 0.25) is 0 Å². The van der Waals surface area contributed by atoms with Crippen molar-refractivity contribution in [2.75, 3.05) is 37.6 Å². The van der Waals surface area contributed by atoms with Gasteiger partial charge in [-0.1, -0.05) is 43.3 Å². The minimum atomic E-state index is 0.701. The number of rotatable bonds is 4. The van der Waals surface area contributed by atoms with E-state index in [1.165, 1.54) is 11.1 Å². The predicted octanol–water partition coefficient (Wildman–Crippen LogP) is 4.56. The predicted molar refractivity (Wildman–Crippen MR) is 120 cm³/mol. The summed E-state index contributed by atoms with van der Waals surface area (Å²) >= 11 is 1.68. The van der Waals surface area contributed by atoms with E-state index in [1.54, 1.807) is 17.5 Å². The van der Waals surface area contributed by atoms with Crippen LogP contribution in [0.1, 0.15) is 6.92 Å². The fraction of sp³-hybridized carbons (Fsp3) is 0.261. The summed E-state index contributed by atoms with van der Waals surface area (Å²) in [6, 6.07) is 16.4. The Labute approximate surface area is 174 Å². The Balaban J connectivity index is 1.67. The fourth-order valence-electron chi connectivity index (χ4n) is 3.87. The Morgan fingerprint density at radius 3 is 2.45 bits per heavy atom. The van der Waals surface area contributed by atoms with Crippen molar-refractivity contribution in [3.63, 3.8) is 0 Å². The van der Waals surface area contributed by atoms with Gasteiger partial charge in [0.1, 0.15) is 16.3 Å². The molecule has 4 heterocycles. The minimum absolute atomic E-state index is 0.701. The Morgan fingerprint density at radius 2 is 1.72 bits per heavy atom. The molecule has 0 atom stereocenters. The molecule has 6 heteroatoms. The molecule has 0 saturated carbocycles. The van der Waals surface area contributed by atoms with Crippen molar-refractivity contribution in [2.45, 2.75) is 6.92 Å². The molecule has 0 spiro atoms. The number of likely N-dealkylation sites (N-methyl/N-ethyl adjacent to an activating group) is 1. The molecule has 0 bridgehead atoms. The normalized spacial score (nSPS) is 15.1. The van der Waals surface area contributed by atoms with Crippen molar-refractivity contribution in [2.24, 2.45) is 0 Å². The second kappa shape index (κ2) is 7.89. The summed E-state index contributed by atoms with van der Waals surface area (Å²) in [4.78, 5) is 20.3. The van der Waals surface area contributed by atoms with E-state index in [0.717, 1.165) is 54.5 Å². The second-order valence-corrected chi connectivity index (χ2v) is 8.06. The molecule has 0 aliphatic carbocycles. The molecule has 146 valence electrons. The molecule has 1 aromatic carbocycles. The number of aromatic nitrogens is 3. The van der Waals surface area contributed by atoms with E-state index in [9.17, 15) is 0 Å². The molecule has 5 rings (SSSR count). The summed E-state index contributed by atoms with van der Waals surface area (Å²) < 4.78 is 0. The van der Waals surface area contributed by atoms with Gasteiger partial charge in [-0.15, -0.1) is 11.3 Å². The molecule has 1 aliphatic rings. The smallest absolute Gasteiger partial charge is 0.181 e. The lowest BCUT2D eigenvalue weighted by atomic mass is 10.1. The summed E-state index contributed by atoms with van der Waals surface area (Å²) in [7, 11) is 0. The average Bonchev–Trinajstić information content (AvgIpc) is 3.24. The molecule has 1 aliphatic heterocycles. The number of hydrogen-bond acceptors (Lipinski definition) is 6. The number of thiophene rings is 1. The molecule has 3 aromatic heterocycles. The Hall–Kier alpha value is -2.83. The summed E-state index contributed by atoms with van der Waals surface area (Å²) in [5.41, 5.74) is 3.24. The Bertz CT molecular complexity index is 1100. The third-order valence-electron chi connectivity index (χ3n) is 5.51. The number of pyridine rings is 1. The zero-order chi connectivity index (χ0) is 19.6. The molecule has 4 aromatic rings. The van der Waals surface area contributed by atoms with Crippen molar-refractivity contribution in [1.82, 2.24) is 19.9 Å². The first kappa shape index (κ1) is 18.2. The highest BCUT2D eigenvalue weighted by atomic mass is 32.1. The first-order valence-electron chi connectivity index (χ1n) is 10.1. The summed E-state index contributed by atoms with van der Waals surface area (Å²) in [6.45, 7) is 7.40. The number of piperazine rings is 1. The summed E-state index contributed by atoms with van der Waals surface area (Å²) in [5.74, 6) is 1.74. The van der Waals surface area contributed by atoms with Gasteiger partial charge in [0, 0.05) is 43.3 Å². The third kappa shape index (κ3) is 3.50. The van der Waals surface area contributed by atoms with E-state index in [1.807, 2.05) is 18.2 Å². The zero-order valence-corrected chi connectivity index (χ0v) is 17.3. The summed E-state index contributed by atoms with van der Waals surface area (Å²) in [6.07, 6.45) is 1.80. The van der Waals surface area contributed by atoms with Crippen molar-refractivity contribution in [3.8, 4) is 22.6 Å². The molecule has 1 fully saturated rings. The number of fused-ring (bicyclic) bond motifs is 1. The van der Waals surface area contributed by atoms with E-state index < -0.39 is 0 Å². The maximum absolute atomic E-state index is 5.04. The minimum Gasteiger partial charge on any atom is -0.353 e. The molecule has 0 unspecified atom stereocenters. The van der Waals surface area contributed by atoms with Crippen LogP contribution in [0.3, 0.4) is 0 Å². The molecule has 0 radical (unpaired) electrons. The van der Waals surface area contributed by atoms with E-state index >= 15 is 0 Å². The topological polar surface area (TPSA) is 45.2 Å². The molecule has 0 N–H and O–H groups in total. The van der Waals surface area contributed by atoms with Crippen LogP contribution in [0, 0.1) is 0 Å². The first-order valence-corrected chi connectivity index (χ1v) is 10.9. The van der Waals surface area contributed by atoms with E-state index in [4.69, 9.17) is 9.97 Å². The number of nitrogens with zero attached hydrogens (tertiary/aromatic N) is 5. The van der Waals surface area contributed by atoms with Gasteiger partial charge in [-0.25, -0.2) is 9.97 Å². The zero-order valence-electron chi connectivity index (χ0n) is 16.5. The summed E-state index contributed by atoms with van der Waals surface area (Å²) in [5, 5.41) is 3.37. The van der Waals surface area contributed by atoms with E-state index in [2.05, 4.69) is 57.4 Å². The van der Waals surface area contributed by atoms with Crippen LogP contribution in [-0.4, -0.2) is 52.6 Å². The Kier molecular flexibility index (Phi) is 4.96. The number of anilines is 1. The lowest BCUT2D eigenvalue weighted by Gasteiger charge is -2.35. The highest BCUT2D eigenvalue weighted by molar-refractivity contribution is 7.17. The molecular weight excluding hydrogens is 378 g/mol. The lowest BCUT2D eigenvalue weighted by Crippen LogP contribution is -2.46. The van der Waals surface area contributed by atoms with Gasteiger partial charge in [0.2, 0.25) is 0 Å². The first-order chi connectivity index (χ1) is 14.3. The van der Waals surface area contributed by atoms with Crippen LogP contribution in [-0.2, 0) is 0 Å². The largest absolute Gasteiger partial charge is 0.353 e. The molecule has 5 nitrogen and oxygen atoms in total. The van der Waals surface area contributed by atoms with Crippen LogP contribution in [0.25, 0.3) is 32.9 Å². The highest BCUT2D eigenvalue weighted by Crippen LogP contribution is 2.39. The molecule has 1 saturated heterocycles. The van der Waals surface area contributed by atoms with Crippen LogP contribution in [0.15, 0.2) is 60.1 Å². The van der Waals surface area contributed by atoms with Crippen LogP contribution in [0.5, 0.6) is 0 Å². The van der Waals surface area contributed by atoms with Gasteiger partial charge in [-0.2, -0.15) is 0 Å². The SMILES string of the molecule is CCN1CCN(c2nc(-c3ccccn3)nc3scc(-c4ccccc4)c23)CC1. The average molecular weight is 402 g/mol. The van der Waals surface area contributed by atoms with Crippen LogP contribution < -0.4 is 4.90 Å². The van der Waals surface area contributed by atoms with Crippen molar-refractivity contribution >= 4 is 27.4 Å². The Morgan fingerprint density at radius 1 is 0.931 bits per heavy atom. The fourth-order valence-corrected chi connectivity index (χ4v) is 4.81. The number of hydrogen-bond donors (Lipinski definition) is 0. The second-order valence-electron chi connectivity index (χ2n) is 7.20. The van der Waals surface area contributed by atoms with Crippen molar-refractivity contribution in [1.29, 1.82) is 0 Å². The maximum Gasteiger partial charge on any atom is 0.181 e. The van der Waals surface area contributed by atoms with Crippen molar-refractivity contribution < 1.29 is 0 Å². The van der Waals surface area contributed by atoms with Gasteiger partial charge < -0.3 is 9.80 Å². The number of benzene rings is 1. The van der Waals surface area contributed by atoms with Gasteiger partial charge in [0.25, 0.3) is 0 Å². The molecule has 0 amide bonds. The molecular formula is C23H23N5S. The van der Waals surface area contributed by atoms with Gasteiger partial charge in [0.05, 0.1) is 5.39 Å². The van der Waals surface area contributed by atoms with Gasteiger partial charge in [0.15, 0.2) is 5.82 Å². The quantitative estimate of drug-likeness (QED) is 0.501. The monoisotopic (exact) mass is 401 g/mol. The maximum atomic E-state index is 5.04.